The Bertz CT molecular complexity index is 409. The minimum absolute atomic E-state index is 0.344. The molecule has 0 aliphatic heterocycles. The predicted octanol–water partition coefficient (Wildman–Crippen LogP) is 3.28. The molecule has 0 saturated carbocycles. The first-order chi connectivity index (χ1) is 7.08. The van der Waals surface area contributed by atoms with E-state index in [1.807, 2.05) is 30.3 Å². The smallest absolute Gasteiger partial charge is 0.159 e. The van der Waals surface area contributed by atoms with E-state index in [2.05, 4.69) is 15.9 Å². The summed E-state index contributed by atoms with van der Waals surface area (Å²) < 4.78 is 12.3. The van der Waals surface area contributed by atoms with Crippen LogP contribution < -0.4 is 0 Å². The molecule has 0 amide bonds. The van der Waals surface area contributed by atoms with Crippen molar-refractivity contribution in [2.75, 3.05) is 0 Å². The molecule has 1 nitrogen and oxygen atoms in total. The summed E-state index contributed by atoms with van der Waals surface area (Å²) in [6, 6.07) is 9.34. The summed E-state index contributed by atoms with van der Waals surface area (Å²) in [7, 11) is 0. The average molecular weight is 269 g/mol. The highest BCUT2D eigenvalue weighted by atomic mass is 79.9. The molecule has 1 aliphatic carbocycles. The Balaban J connectivity index is 2.32. The number of allylic oxidation sites excluding steroid dienone is 2. The van der Waals surface area contributed by atoms with Crippen molar-refractivity contribution in [1.82, 2.24) is 0 Å². The van der Waals surface area contributed by atoms with E-state index < -0.39 is 4.51 Å². The molecule has 78 valence electrons. The van der Waals surface area contributed by atoms with Crippen molar-refractivity contribution in [3.8, 4) is 0 Å². The van der Waals surface area contributed by atoms with E-state index in [4.69, 9.17) is 0 Å². The number of benzene rings is 1. The molecule has 3 heteroatoms. The molecule has 2 rings (SSSR count). The average Bonchev–Trinajstić information content (AvgIpc) is 2.17. The maximum Gasteiger partial charge on any atom is 0.159 e. The van der Waals surface area contributed by atoms with E-state index in [0.717, 1.165) is 5.56 Å². The largest absolute Gasteiger partial charge is 0.372 e. The summed E-state index contributed by atoms with van der Waals surface area (Å²) in [6.07, 6.45) is 4.36. The zero-order valence-electron chi connectivity index (χ0n) is 7.90. The Kier molecular flexibility index (Phi) is 2.76. The van der Waals surface area contributed by atoms with Gasteiger partial charge in [-0.05, 0) is 33.6 Å². The molecule has 1 aromatic carbocycles. The first-order valence-corrected chi connectivity index (χ1v) is 5.42. The fraction of sp³-hybridized carbons (Fsp3) is 0.167. The van der Waals surface area contributed by atoms with E-state index in [1.54, 1.807) is 6.08 Å². The molecule has 1 aliphatic rings. The Morgan fingerprint density at radius 3 is 2.53 bits per heavy atom. The van der Waals surface area contributed by atoms with E-state index in [-0.39, 0.29) is 11.7 Å². The van der Waals surface area contributed by atoms with Crippen LogP contribution in [0.15, 0.2) is 54.4 Å². The molecule has 1 N–H and O–H groups in total. The zero-order chi connectivity index (χ0) is 10.9. The van der Waals surface area contributed by atoms with E-state index in [1.165, 1.54) is 12.2 Å². The number of alkyl halides is 1. The van der Waals surface area contributed by atoms with Crippen molar-refractivity contribution in [2.45, 2.75) is 10.4 Å². The van der Waals surface area contributed by atoms with Crippen molar-refractivity contribution in [3.05, 3.63) is 60.0 Å². The van der Waals surface area contributed by atoms with Crippen LogP contribution in [-0.4, -0.2) is 9.62 Å². The van der Waals surface area contributed by atoms with E-state index >= 15 is 0 Å². The van der Waals surface area contributed by atoms with Crippen molar-refractivity contribution in [2.24, 2.45) is 0 Å². The number of halogens is 2. The van der Waals surface area contributed by atoms with Crippen LogP contribution in [0.3, 0.4) is 0 Å². The molecule has 2 atom stereocenters. The van der Waals surface area contributed by atoms with Crippen molar-refractivity contribution in [3.63, 3.8) is 0 Å². The van der Waals surface area contributed by atoms with Gasteiger partial charge in [0, 0.05) is 0 Å². The molecule has 2 unspecified atom stereocenters. The lowest BCUT2D eigenvalue weighted by atomic mass is 9.93. The maximum absolute atomic E-state index is 13.6. The van der Waals surface area contributed by atoms with Crippen LogP contribution in [0.25, 0.3) is 0 Å². The second-order valence-electron chi connectivity index (χ2n) is 3.50. The second kappa shape index (κ2) is 3.91. The molecule has 0 spiro atoms. The van der Waals surface area contributed by atoms with Gasteiger partial charge in [-0.1, -0.05) is 36.4 Å². The highest BCUT2D eigenvalue weighted by Gasteiger charge is 2.26. The van der Waals surface area contributed by atoms with Crippen LogP contribution in [0, 0.1) is 0 Å². The van der Waals surface area contributed by atoms with Crippen molar-refractivity contribution in [1.29, 1.82) is 0 Å². The number of rotatable bonds is 1. The van der Waals surface area contributed by atoms with Crippen LogP contribution in [-0.2, 0) is 0 Å². The molecule has 1 aromatic rings. The fourth-order valence-corrected chi connectivity index (χ4v) is 1.96. The van der Waals surface area contributed by atoms with Gasteiger partial charge in [0.2, 0.25) is 0 Å². The highest BCUT2D eigenvalue weighted by molar-refractivity contribution is 9.10. The summed E-state index contributed by atoms with van der Waals surface area (Å²) in [5.41, 5.74) is 0.880. The predicted molar refractivity (Wildman–Crippen MR) is 61.4 cm³/mol. The van der Waals surface area contributed by atoms with Gasteiger partial charge in [-0.2, -0.15) is 0 Å². The number of aliphatic hydroxyl groups is 1. The van der Waals surface area contributed by atoms with Gasteiger partial charge in [0.25, 0.3) is 0 Å². The van der Waals surface area contributed by atoms with Gasteiger partial charge in [-0.25, -0.2) is 4.39 Å². The monoisotopic (exact) mass is 268 g/mol. The molecule has 0 bridgehead atoms. The van der Waals surface area contributed by atoms with Gasteiger partial charge in [0.15, 0.2) is 4.51 Å². The molecule has 0 aromatic heterocycles. The van der Waals surface area contributed by atoms with Crippen LogP contribution in [0.1, 0.15) is 11.5 Å². The van der Waals surface area contributed by atoms with Gasteiger partial charge < -0.3 is 5.11 Å². The SMILES string of the molecule is OC1(Br)C=CC(c2ccccc2)C(F)=C1. The van der Waals surface area contributed by atoms with Gasteiger partial charge in [0.1, 0.15) is 5.83 Å². The molecule has 0 radical (unpaired) electrons. The topological polar surface area (TPSA) is 20.2 Å². The first-order valence-electron chi connectivity index (χ1n) is 4.62. The molecule has 0 heterocycles. The second-order valence-corrected chi connectivity index (χ2v) is 4.77. The summed E-state index contributed by atoms with van der Waals surface area (Å²) in [5.74, 6) is -0.730. The third kappa shape index (κ3) is 2.36. The minimum Gasteiger partial charge on any atom is -0.372 e. The zero-order valence-corrected chi connectivity index (χ0v) is 9.49. The van der Waals surface area contributed by atoms with Crippen LogP contribution >= 0.6 is 15.9 Å². The lowest BCUT2D eigenvalue weighted by Gasteiger charge is -2.21. The standard InChI is InChI=1S/C12H10BrFO/c13-12(15)7-6-10(11(14)8-12)9-4-2-1-3-5-9/h1-8,10,15H. The summed E-state index contributed by atoms with van der Waals surface area (Å²) in [4.78, 5) is 0. The van der Waals surface area contributed by atoms with E-state index in [9.17, 15) is 9.50 Å². The lowest BCUT2D eigenvalue weighted by Crippen LogP contribution is -2.18. The van der Waals surface area contributed by atoms with Crippen LogP contribution in [0.4, 0.5) is 4.39 Å². The van der Waals surface area contributed by atoms with E-state index in [0.29, 0.717) is 0 Å². The quantitative estimate of drug-likeness (QED) is 0.612. The Morgan fingerprint density at radius 1 is 1.27 bits per heavy atom. The Morgan fingerprint density at radius 2 is 1.93 bits per heavy atom. The highest BCUT2D eigenvalue weighted by Crippen LogP contribution is 2.35. The third-order valence-corrected chi connectivity index (χ3v) is 2.81. The molecular formula is C12H10BrFO. The summed E-state index contributed by atoms with van der Waals surface area (Å²) in [5, 5.41) is 9.52. The van der Waals surface area contributed by atoms with Crippen molar-refractivity contribution < 1.29 is 9.50 Å². The van der Waals surface area contributed by atoms with Crippen molar-refractivity contribution >= 4 is 15.9 Å². The normalized spacial score (nSPS) is 30.1. The maximum atomic E-state index is 13.6. The number of hydrogen-bond acceptors (Lipinski definition) is 1. The van der Waals surface area contributed by atoms with Gasteiger partial charge in [0.05, 0.1) is 5.92 Å². The number of hydrogen-bond donors (Lipinski definition) is 1. The van der Waals surface area contributed by atoms with Gasteiger partial charge >= 0.3 is 0 Å². The Hall–Kier alpha value is -0.930. The molecule has 0 fully saturated rings. The van der Waals surface area contributed by atoms with Gasteiger partial charge in [-0.3, -0.25) is 0 Å². The molecule has 15 heavy (non-hydrogen) atoms. The summed E-state index contributed by atoms with van der Waals surface area (Å²) >= 11 is 2.99. The minimum atomic E-state index is -1.34. The molecular weight excluding hydrogens is 259 g/mol. The fourth-order valence-electron chi connectivity index (χ4n) is 1.59. The first kappa shape index (κ1) is 10.6. The molecule has 0 saturated heterocycles. The Labute approximate surface area is 96.1 Å². The van der Waals surface area contributed by atoms with Crippen LogP contribution in [0.2, 0.25) is 0 Å². The summed E-state index contributed by atoms with van der Waals surface area (Å²) in [6.45, 7) is 0. The van der Waals surface area contributed by atoms with Gasteiger partial charge in [-0.15, -0.1) is 0 Å². The third-order valence-electron chi connectivity index (χ3n) is 2.32. The van der Waals surface area contributed by atoms with Crippen LogP contribution in [0.5, 0.6) is 0 Å². The lowest BCUT2D eigenvalue weighted by molar-refractivity contribution is 0.237.